The van der Waals surface area contributed by atoms with Crippen LogP contribution in [-0.2, 0) is 10.2 Å². The highest BCUT2D eigenvalue weighted by atomic mass is 16.5. The van der Waals surface area contributed by atoms with E-state index in [1.165, 1.54) is 5.56 Å². The molecule has 0 radical (unpaired) electrons. The van der Waals surface area contributed by atoms with Crippen molar-refractivity contribution in [2.75, 3.05) is 32.5 Å². The van der Waals surface area contributed by atoms with Crippen LogP contribution in [0, 0.1) is 0 Å². The predicted molar refractivity (Wildman–Crippen MR) is 82.5 cm³/mol. The van der Waals surface area contributed by atoms with Crippen molar-refractivity contribution in [3.63, 3.8) is 0 Å². The lowest BCUT2D eigenvalue weighted by molar-refractivity contribution is 0.0897. The number of benzene rings is 1. The molecule has 0 saturated carbocycles. The molecule has 1 aromatic carbocycles. The lowest BCUT2D eigenvalue weighted by atomic mass is 9.83. The first kappa shape index (κ1) is 16.0. The van der Waals surface area contributed by atoms with Gasteiger partial charge >= 0.3 is 0 Å². The molecular weight excluding hydrogens is 236 g/mol. The number of ether oxygens (including phenoxy) is 1. The molecule has 1 aromatic rings. The Morgan fingerprint density at radius 3 is 2.32 bits per heavy atom. The van der Waals surface area contributed by atoms with Crippen molar-refractivity contribution in [3.8, 4) is 0 Å². The van der Waals surface area contributed by atoms with Gasteiger partial charge in [-0.3, -0.25) is 4.90 Å². The third-order valence-corrected chi connectivity index (χ3v) is 3.73. The van der Waals surface area contributed by atoms with Crippen molar-refractivity contribution in [2.24, 2.45) is 0 Å². The largest absolute Gasteiger partial charge is 0.399 e. The van der Waals surface area contributed by atoms with Crippen molar-refractivity contribution in [1.82, 2.24) is 4.90 Å². The summed E-state index contributed by atoms with van der Waals surface area (Å²) in [5.41, 5.74) is 8.00. The zero-order valence-corrected chi connectivity index (χ0v) is 12.9. The molecule has 0 fully saturated rings. The molecular formula is C16H28N2O. The standard InChI is InChI=1S/C16H28N2O/c1-6-18(13(2)11-19-5)12-16(3,4)14-7-9-15(17)10-8-14/h7-10,13H,6,11-12,17H2,1-5H3. The average molecular weight is 264 g/mol. The number of nitrogen functional groups attached to an aromatic ring is 1. The van der Waals surface area contributed by atoms with Crippen molar-refractivity contribution >= 4 is 5.69 Å². The summed E-state index contributed by atoms with van der Waals surface area (Å²) in [5.74, 6) is 0. The number of rotatable bonds is 7. The van der Waals surface area contributed by atoms with E-state index in [2.05, 4.69) is 44.7 Å². The lowest BCUT2D eigenvalue weighted by Crippen LogP contribution is -2.43. The maximum atomic E-state index is 5.76. The lowest BCUT2D eigenvalue weighted by Gasteiger charge is -2.36. The Balaban J connectivity index is 2.79. The second kappa shape index (κ2) is 6.92. The summed E-state index contributed by atoms with van der Waals surface area (Å²) in [4.78, 5) is 2.46. The molecule has 0 spiro atoms. The molecule has 2 N–H and O–H groups in total. The van der Waals surface area contributed by atoms with Gasteiger partial charge in [0.1, 0.15) is 0 Å². The molecule has 0 amide bonds. The van der Waals surface area contributed by atoms with E-state index >= 15 is 0 Å². The zero-order chi connectivity index (χ0) is 14.5. The molecule has 0 bridgehead atoms. The fourth-order valence-corrected chi connectivity index (χ4v) is 2.46. The van der Waals surface area contributed by atoms with E-state index in [9.17, 15) is 0 Å². The molecule has 0 aliphatic heterocycles. The Morgan fingerprint density at radius 2 is 1.84 bits per heavy atom. The van der Waals surface area contributed by atoms with Crippen LogP contribution in [0.1, 0.15) is 33.3 Å². The zero-order valence-electron chi connectivity index (χ0n) is 12.9. The van der Waals surface area contributed by atoms with Crippen LogP contribution < -0.4 is 5.73 Å². The SMILES string of the molecule is CCN(CC(C)(C)c1ccc(N)cc1)C(C)COC. The third-order valence-electron chi connectivity index (χ3n) is 3.73. The summed E-state index contributed by atoms with van der Waals surface area (Å²) < 4.78 is 5.26. The first-order chi connectivity index (χ1) is 8.90. The van der Waals surface area contributed by atoms with E-state index in [4.69, 9.17) is 10.5 Å². The number of nitrogens with zero attached hydrogens (tertiary/aromatic N) is 1. The maximum absolute atomic E-state index is 5.76. The minimum atomic E-state index is 0.103. The molecule has 0 aliphatic carbocycles. The Kier molecular flexibility index (Phi) is 5.83. The molecule has 1 atom stereocenters. The van der Waals surface area contributed by atoms with Crippen molar-refractivity contribution in [1.29, 1.82) is 0 Å². The summed E-state index contributed by atoms with van der Waals surface area (Å²) in [5, 5.41) is 0. The molecule has 0 aliphatic rings. The van der Waals surface area contributed by atoms with Gasteiger partial charge in [0.25, 0.3) is 0 Å². The van der Waals surface area contributed by atoms with Crippen LogP contribution in [0.15, 0.2) is 24.3 Å². The van der Waals surface area contributed by atoms with Crippen LogP contribution in [0.25, 0.3) is 0 Å². The highest BCUT2D eigenvalue weighted by Crippen LogP contribution is 2.26. The minimum absolute atomic E-state index is 0.103. The Hall–Kier alpha value is -1.06. The fraction of sp³-hybridized carbons (Fsp3) is 0.625. The Bertz CT molecular complexity index is 373. The van der Waals surface area contributed by atoms with Crippen LogP contribution in [0.5, 0.6) is 0 Å². The van der Waals surface area contributed by atoms with Crippen LogP contribution in [0.4, 0.5) is 5.69 Å². The summed E-state index contributed by atoms with van der Waals surface area (Å²) in [7, 11) is 1.76. The summed E-state index contributed by atoms with van der Waals surface area (Å²) in [6, 6.07) is 8.65. The van der Waals surface area contributed by atoms with Gasteiger partial charge in [-0.25, -0.2) is 0 Å². The molecule has 108 valence electrons. The van der Waals surface area contributed by atoms with Gasteiger partial charge in [0.2, 0.25) is 0 Å². The Morgan fingerprint density at radius 1 is 1.26 bits per heavy atom. The van der Waals surface area contributed by atoms with Gasteiger partial charge in [-0.05, 0) is 31.2 Å². The van der Waals surface area contributed by atoms with E-state index in [0.29, 0.717) is 6.04 Å². The van der Waals surface area contributed by atoms with Crippen molar-refractivity contribution in [3.05, 3.63) is 29.8 Å². The number of nitrogens with two attached hydrogens (primary N) is 1. The smallest absolute Gasteiger partial charge is 0.0615 e. The van der Waals surface area contributed by atoms with Gasteiger partial charge in [0.05, 0.1) is 6.61 Å². The molecule has 3 nitrogen and oxygen atoms in total. The molecule has 1 unspecified atom stereocenters. The predicted octanol–water partition coefficient (Wildman–Crippen LogP) is 2.90. The molecule has 0 saturated heterocycles. The van der Waals surface area contributed by atoms with Crippen molar-refractivity contribution in [2.45, 2.75) is 39.2 Å². The first-order valence-corrected chi connectivity index (χ1v) is 6.99. The van der Waals surface area contributed by atoms with Gasteiger partial charge in [-0.2, -0.15) is 0 Å². The topological polar surface area (TPSA) is 38.5 Å². The monoisotopic (exact) mass is 264 g/mol. The van der Waals surface area contributed by atoms with E-state index in [0.717, 1.165) is 25.4 Å². The number of hydrogen-bond donors (Lipinski definition) is 1. The molecule has 0 aromatic heterocycles. The van der Waals surface area contributed by atoms with Gasteiger partial charge in [0, 0.05) is 30.8 Å². The number of likely N-dealkylation sites (N-methyl/N-ethyl adjacent to an activating group) is 1. The highest BCUT2D eigenvalue weighted by molar-refractivity contribution is 5.41. The number of methoxy groups -OCH3 is 1. The number of hydrogen-bond acceptors (Lipinski definition) is 3. The minimum Gasteiger partial charge on any atom is -0.399 e. The fourth-order valence-electron chi connectivity index (χ4n) is 2.46. The summed E-state index contributed by atoms with van der Waals surface area (Å²) >= 11 is 0. The van der Waals surface area contributed by atoms with Gasteiger partial charge in [0.15, 0.2) is 0 Å². The molecule has 0 heterocycles. The van der Waals surface area contributed by atoms with E-state index in [1.807, 2.05) is 12.1 Å². The van der Waals surface area contributed by atoms with Crippen LogP contribution in [-0.4, -0.2) is 37.7 Å². The van der Waals surface area contributed by atoms with Crippen molar-refractivity contribution < 1.29 is 4.74 Å². The average Bonchev–Trinajstić information content (AvgIpc) is 2.36. The molecule has 3 heteroatoms. The van der Waals surface area contributed by atoms with Crippen LogP contribution >= 0.6 is 0 Å². The van der Waals surface area contributed by atoms with E-state index in [-0.39, 0.29) is 5.41 Å². The molecule has 19 heavy (non-hydrogen) atoms. The summed E-state index contributed by atoms with van der Waals surface area (Å²) in [6.07, 6.45) is 0. The second-order valence-corrected chi connectivity index (χ2v) is 5.87. The highest BCUT2D eigenvalue weighted by Gasteiger charge is 2.25. The Labute approximate surface area is 117 Å². The normalized spacial score (nSPS) is 13.8. The maximum Gasteiger partial charge on any atom is 0.0615 e. The van der Waals surface area contributed by atoms with Gasteiger partial charge < -0.3 is 10.5 Å². The van der Waals surface area contributed by atoms with Crippen LogP contribution in [0.2, 0.25) is 0 Å². The number of anilines is 1. The van der Waals surface area contributed by atoms with E-state index < -0.39 is 0 Å². The van der Waals surface area contributed by atoms with Crippen LogP contribution in [0.3, 0.4) is 0 Å². The summed E-state index contributed by atoms with van der Waals surface area (Å²) in [6.45, 7) is 11.8. The quantitative estimate of drug-likeness (QED) is 0.770. The van der Waals surface area contributed by atoms with Gasteiger partial charge in [-0.15, -0.1) is 0 Å². The second-order valence-electron chi connectivity index (χ2n) is 5.87. The molecule has 1 rings (SSSR count). The van der Waals surface area contributed by atoms with E-state index in [1.54, 1.807) is 7.11 Å². The first-order valence-electron chi connectivity index (χ1n) is 6.99. The van der Waals surface area contributed by atoms with Gasteiger partial charge in [-0.1, -0.05) is 32.9 Å². The third kappa shape index (κ3) is 4.51.